The first-order valence-electron chi connectivity index (χ1n) is 3.95. The molecular weight excluding hydrogens is 132 g/mol. The Morgan fingerprint density at radius 1 is 1.00 bits per heavy atom. The lowest BCUT2D eigenvalue weighted by molar-refractivity contribution is 0.959. The summed E-state index contributed by atoms with van der Waals surface area (Å²) >= 11 is 0. The maximum Gasteiger partial charge on any atom is -0.0350 e. The zero-order valence-corrected chi connectivity index (χ0v) is 7.03. The lowest BCUT2D eigenvalue weighted by atomic mass is 10.3. The highest BCUT2D eigenvalue weighted by Crippen LogP contribution is 1.88. The largest absolute Gasteiger partial charge is 0.0845 e. The molecule has 0 heteroatoms. The molecule has 0 aromatic heterocycles. The van der Waals surface area contributed by atoms with Crippen molar-refractivity contribution in [3.63, 3.8) is 0 Å². The monoisotopic (exact) mass is 147 g/mol. The minimum absolute atomic E-state index is 1.15. The van der Waals surface area contributed by atoms with Gasteiger partial charge in [0.2, 0.25) is 0 Å². The first-order valence-corrected chi connectivity index (χ1v) is 3.95. The fraction of sp³-hybridized carbons (Fsp3) is 0.273. The number of rotatable bonds is 5. The first-order chi connectivity index (χ1) is 5.41. The average molecular weight is 147 g/mol. The summed E-state index contributed by atoms with van der Waals surface area (Å²) in [5.41, 5.74) is 0. The predicted octanol–water partition coefficient (Wildman–Crippen LogP) is 3.44. The third-order valence-electron chi connectivity index (χ3n) is 1.15. The molecule has 11 heavy (non-hydrogen) atoms. The molecule has 0 saturated carbocycles. The van der Waals surface area contributed by atoms with E-state index in [1.54, 1.807) is 6.08 Å². The second kappa shape index (κ2) is 8.96. The number of unbranched alkanes of at least 4 members (excludes halogenated alkanes) is 1. The van der Waals surface area contributed by atoms with E-state index < -0.39 is 0 Å². The molecule has 0 aliphatic heterocycles. The molecule has 0 fully saturated rings. The van der Waals surface area contributed by atoms with E-state index in [0.717, 1.165) is 6.42 Å². The molecule has 0 spiro atoms. The number of hydrogen-bond donors (Lipinski definition) is 0. The highest BCUT2D eigenvalue weighted by molar-refractivity contribution is 5.13. The lowest BCUT2D eigenvalue weighted by Gasteiger charge is -1.79. The van der Waals surface area contributed by atoms with Gasteiger partial charge in [0.1, 0.15) is 0 Å². The molecule has 0 aliphatic carbocycles. The third-order valence-corrected chi connectivity index (χ3v) is 1.15. The van der Waals surface area contributed by atoms with Gasteiger partial charge in [0.25, 0.3) is 0 Å². The van der Waals surface area contributed by atoms with E-state index in [1.807, 2.05) is 24.3 Å². The minimum Gasteiger partial charge on any atom is -0.0845 e. The number of hydrogen-bond acceptors (Lipinski definition) is 0. The van der Waals surface area contributed by atoms with Gasteiger partial charge in [-0.05, 0) is 6.42 Å². The molecule has 0 atom stereocenters. The van der Waals surface area contributed by atoms with Gasteiger partial charge in [0.05, 0.1) is 0 Å². The smallest absolute Gasteiger partial charge is 0.0350 e. The molecule has 0 unspecified atom stereocenters. The first kappa shape index (κ1) is 9.96. The van der Waals surface area contributed by atoms with Crippen LogP contribution in [0.1, 0.15) is 19.8 Å². The van der Waals surface area contributed by atoms with Crippen molar-refractivity contribution in [2.45, 2.75) is 19.8 Å². The van der Waals surface area contributed by atoms with Crippen LogP contribution >= 0.6 is 0 Å². The summed E-state index contributed by atoms with van der Waals surface area (Å²) < 4.78 is 0. The molecule has 0 amide bonds. The molecule has 0 bridgehead atoms. The van der Waals surface area contributed by atoms with Crippen LogP contribution in [0.3, 0.4) is 0 Å². The summed E-state index contributed by atoms with van der Waals surface area (Å²) in [6.07, 6.45) is 15.7. The van der Waals surface area contributed by atoms with Crippen LogP contribution in [0.4, 0.5) is 0 Å². The second-order valence-electron chi connectivity index (χ2n) is 2.18. The van der Waals surface area contributed by atoms with Gasteiger partial charge < -0.3 is 0 Å². The van der Waals surface area contributed by atoms with Crippen LogP contribution in [0.5, 0.6) is 0 Å². The van der Waals surface area contributed by atoms with Crippen molar-refractivity contribution in [2.75, 3.05) is 0 Å². The molecule has 0 nitrogen and oxygen atoms in total. The van der Waals surface area contributed by atoms with E-state index in [1.165, 1.54) is 12.5 Å². The van der Waals surface area contributed by atoms with Crippen LogP contribution in [0, 0.1) is 6.58 Å². The zero-order chi connectivity index (χ0) is 8.36. The van der Waals surface area contributed by atoms with Crippen molar-refractivity contribution in [1.82, 2.24) is 0 Å². The molecule has 0 aromatic rings. The van der Waals surface area contributed by atoms with Crippen molar-refractivity contribution in [2.24, 2.45) is 0 Å². The van der Waals surface area contributed by atoms with E-state index in [4.69, 9.17) is 6.58 Å². The van der Waals surface area contributed by atoms with E-state index in [2.05, 4.69) is 13.0 Å². The number of allylic oxidation sites excluding steroid dienone is 7. The zero-order valence-electron chi connectivity index (χ0n) is 7.03. The van der Waals surface area contributed by atoms with Crippen LogP contribution < -0.4 is 0 Å². The summed E-state index contributed by atoms with van der Waals surface area (Å²) in [4.78, 5) is 0. The van der Waals surface area contributed by atoms with Crippen LogP contribution in [-0.2, 0) is 0 Å². The van der Waals surface area contributed by atoms with E-state index in [9.17, 15) is 0 Å². The summed E-state index contributed by atoms with van der Waals surface area (Å²) in [6.45, 7) is 7.29. The molecule has 1 radical (unpaired) electrons. The van der Waals surface area contributed by atoms with E-state index >= 15 is 0 Å². The molecule has 0 heterocycles. The van der Waals surface area contributed by atoms with Gasteiger partial charge in [-0.2, -0.15) is 0 Å². The third kappa shape index (κ3) is 8.96. The van der Waals surface area contributed by atoms with Crippen molar-refractivity contribution >= 4 is 0 Å². The van der Waals surface area contributed by atoms with E-state index in [0.29, 0.717) is 0 Å². The van der Waals surface area contributed by atoms with Crippen LogP contribution in [0.25, 0.3) is 0 Å². The van der Waals surface area contributed by atoms with Gasteiger partial charge in [0.15, 0.2) is 0 Å². The Bertz CT molecular complexity index is 159. The van der Waals surface area contributed by atoms with Gasteiger partial charge in [-0.25, -0.2) is 0 Å². The van der Waals surface area contributed by atoms with Gasteiger partial charge in [-0.3, -0.25) is 0 Å². The van der Waals surface area contributed by atoms with Gasteiger partial charge in [0, 0.05) is 0 Å². The van der Waals surface area contributed by atoms with Crippen LogP contribution in [0.2, 0.25) is 0 Å². The topological polar surface area (TPSA) is 0 Å². The highest BCUT2D eigenvalue weighted by Gasteiger charge is 1.68. The molecule has 0 saturated heterocycles. The maximum absolute atomic E-state index is 5.13. The SMILES string of the molecule is [CH]=C/C=C/C=C/C=C/CCC. The summed E-state index contributed by atoms with van der Waals surface area (Å²) in [5.74, 6) is 0. The molecule has 0 aliphatic rings. The Morgan fingerprint density at radius 2 is 1.64 bits per heavy atom. The fourth-order valence-electron chi connectivity index (χ4n) is 0.598. The van der Waals surface area contributed by atoms with E-state index in [-0.39, 0.29) is 0 Å². The average Bonchev–Trinajstić information content (AvgIpc) is 2.03. The Morgan fingerprint density at radius 3 is 2.27 bits per heavy atom. The fourth-order valence-corrected chi connectivity index (χ4v) is 0.598. The van der Waals surface area contributed by atoms with Crippen molar-refractivity contribution in [3.05, 3.63) is 49.1 Å². The standard InChI is InChI=1S/C11H15/c1-3-5-7-9-11-10-8-6-4-2/h1,3,5,7-11H,4,6H2,2H3/b3-1?,7-5+,10-8+,11-9+. The van der Waals surface area contributed by atoms with Gasteiger partial charge in [-0.1, -0.05) is 62.5 Å². The van der Waals surface area contributed by atoms with Crippen molar-refractivity contribution in [1.29, 1.82) is 0 Å². The molecule has 0 N–H and O–H groups in total. The lowest BCUT2D eigenvalue weighted by Crippen LogP contribution is -1.58. The molecule has 59 valence electrons. The van der Waals surface area contributed by atoms with Crippen LogP contribution in [-0.4, -0.2) is 0 Å². The van der Waals surface area contributed by atoms with Gasteiger partial charge >= 0.3 is 0 Å². The summed E-state index contributed by atoms with van der Waals surface area (Å²) in [7, 11) is 0. The van der Waals surface area contributed by atoms with Gasteiger partial charge in [-0.15, -0.1) is 0 Å². The quantitative estimate of drug-likeness (QED) is 0.522. The predicted molar refractivity (Wildman–Crippen MR) is 51.2 cm³/mol. The molecule has 0 aromatic carbocycles. The van der Waals surface area contributed by atoms with Crippen molar-refractivity contribution < 1.29 is 0 Å². The summed E-state index contributed by atoms with van der Waals surface area (Å²) in [5, 5.41) is 0. The Labute approximate surface area is 69.6 Å². The van der Waals surface area contributed by atoms with Crippen LogP contribution in [0.15, 0.2) is 42.5 Å². The Hall–Kier alpha value is -1.04. The molecule has 0 rings (SSSR count). The summed E-state index contributed by atoms with van der Waals surface area (Å²) in [6, 6.07) is 0. The normalized spacial score (nSPS) is 12.1. The Kier molecular flexibility index (Phi) is 8.11. The van der Waals surface area contributed by atoms with Crippen molar-refractivity contribution in [3.8, 4) is 0 Å². The second-order valence-corrected chi connectivity index (χ2v) is 2.18. The maximum atomic E-state index is 5.13. The minimum atomic E-state index is 1.15. The Balaban J connectivity index is 3.42. The molecular formula is C11H15. The highest BCUT2D eigenvalue weighted by atomic mass is 13.7.